The van der Waals surface area contributed by atoms with Crippen molar-refractivity contribution in [2.45, 2.75) is 207 Å². The Morgan fingerprint density at radius 1 is 0.829 bits per heavy atom. The highest BCUT2D eigenvalue weighted by atomic mass is 35.5. The molecular weight excluding hydrogens is 1440 g/mol. The van der Waals surface area contributed by atoms with Gasteiger partial charge < -0.3 is 68.9 Å². The van der Waals surface area contributed by atoms with Crippen molar-refractivity contribution in [1.29, 1.82) is 0 Å². The monoisotopic (exact) mass is 1550 g/mol. The summed E-state index contributed by atoms with van der Waals surface area (Å²) in [6.45, 7) is 12.6. The number of ether oxygens (including phenoxy) is 7. The molecule has 5 fully saturated rings. The molecule has 586 valence electrons. The minimum absolute atomic E-state index is 0.0175. The topological polar surface area (TPSA) is 340 Å². The zero-order valence-electron chi connectivity index (χ0n) is 62.7. The second-order valence-corrected chi connectivity index (χ2v) is 33.3. The number of hydrogen-bond acceptors (Lipinski definition) is 23. The number of likely N-dealkylation sites (N-methyl/N-ethyl adjacent to an activating group) is 1. The van der Waals surface area contributed by atoms with Crippen LogP contribution in [0.3, 0.4) is 0 Å². The van der Waals surface area contributed by atoms with Gasteiger partial charge in [-0.25, -0.2) is 9.59 Å². The first-order valence-corrected chi connectivity index (χ1v) is 40.0. The van der Waals surface area contributed by atoms with E-state index >= 15 is 0 Å². The molecule has 28 nitrogen and oxygen atoms in total. The smallest absolute Gasteiger partial charge is 0.409 e. The fourth-order valence-electron chi connectivity index (χ4n) is 13.6. The van der Waals surface area contributed by atoms with Gasteiger partial charge in [0.2, 0.25) is 53.2 Å². The summed E-state index contributed by atoms with van der Waals surface area (Å²) in [5.74, 6) is -3.36. The van der Waals surface area contributed by atoms with Crippen LogP contribution in [0.2, 0.25) is 5.02 Å². The van der Waals surface area contributed by atoms with Gasteiger partial charge in [-0.05, 0) is 64.0 Å². The number of aliphatic hydroxyl groups is 1. The Labute approximate surface area is 635 Å². The highest BCUT2D eigenvalue weighted by molar-refractivity contribution is 8.02. The fourth-order valence-corrected chi connectivity index (χ4v) is 17.3. The van der Waals surface area contributed by atoms with Crippen LogP contribution in [0.5, 0.6) is 5.75 Å². The van der Waals surface area contributed by atoms with E-state index in [1.807, 2.05) is 19.3 Å². The third-order valence-corrected chi connectivity index (χ3v) is 24.0. The Morgan fingerprint density at radius 3 is 2.17 bits per heavy atom. The summed E-state index contributed by atoms with van der Waals surface area (Å²) in [4.78, 5) is 154. The number of imide groups is 2. The maximum Gasteiger partial charge on any atom is 0.409 e. The van der Waals surface area contributed by atoms with E-state index in [1.54, 1.807) is 80.4 Å². The number of fused-ring (bicyclic) bond motifs is 5. The van der Waals surface area contributed by atoms with Crippen molar-refractivity contribution in [3.8, 4) is 5.75 Å². The van der Waals surface area contributed by atoms with Gasteiger partial charge in [0.15, 0.2) is 5.72 Å². The number of anilines is 1. The summed E-state index contributed by atoms with van der Waals surface area (Å²) in [6.07, 6.45) is 10.4. The molecule has 5 aliphatic heterocycles. The van der Waals surface area contributed by atoms with Crippen molar-refractivity contribution in [3.63, 3.8) is 0 Å². The number of carbonyl (C=O) groups is 11. The Balaban J connectivity index is 0.824. The number of amides is 10. The van der Waals surface area contributed by atoms with Crippen LogP contribution in [0.4, 0.5) is 10.5 Å². The number of thioether (sulfide) groups is 3. The Kier molecular flexibility index (Phi) is 33.6. The maximum atomic E-state index is 14.5. The van der Waals surface area contributed by atoms with Gasteiger partial charge in [-0.1, -0.05) is 88.3 Å². The molecule has 10 amide bonds. The number of esters is 1. The average Bonchev–Trinajstić information content (AvgIpc) is 1.57. The summed E-state index contributed by atoms with van der Waals surface area (Å²) in [5, 5.41) is 22.7. The summed E-state index contributed by atoms with van der Waals surface area (Å²) in [5.41, 5.74) is -1.30. The van der Waals surface area contributed by atoms with Gasteiger partial charge >= 0.3 is 12.1 Å². The highest BCUT2D eigenvalue weighted by Crippen LogP contribution is 2.50. The standard InChI is InChI=1S/C73H110ClN9O19S3/c1-46-18-17-21-56(97-10)73(95)44-53(100-70(94)78-73)47(2)66-72(6,102-66)57(43-61(87)80(8)51-39-49(38-46)40-52(96-9)65(51)74)101-69(93)48(3)79(7)64(90)45-71(4,5)105-55-42-63(89)83(68(55)92)32-34-99-36-35-98-33-28-77-58(84)22-23-60(86)81(30-27-76-59(85)24-37-103-11)29-25-75-26-31-82-62(88)41-54(67(82)91)104-50-19-15-13-12-14-16-20-50/h17-18,21,39-40,47-48,50,53-57,66,75,95H,12-16,19-20,22-38,41-45H2,1-11H3,(H,76,85)(H,77,84)(H,78,94)/b21-17+,46-18+/t47-,48+,53+,54?,55?,56-,57+,66+,72+,73+/m1/s1. The normalized spacial score (nSPS) is 26.0. The molecule has 5 heterocycles. The van der Waals surface area contributed by atoms with Crippen molar-refractivity contribution in [2.24, 2.45) is 5.92 Å². The van der Waals surface area contributed by atoms with Crippen molar-refractivity contribution in [3.05, 3.63) is 46.5 Å². The van der Waals surface area contributed by atoms with E-state index in [0.717, 1.165) is 41.7 Å². The Hall–Kier alpha value is -6.03. The molecule has 1 saturated carbocycles. The van der Waals surface area contributed by atoms with E-state index < -0.39 is 99.8 Å². The molecule has 2 unspecified atom stereocenters. The summed E-state index contributed by atoms with van der Waals surface area (Å²) >= 11 is 11.3. The van der Waals surface area contributed by atoms with Crippen molar-refractivity contribution < 1.29 is 91.0 Å². The van der Waals surface area contributed by atoms with Crippen LogP contribution in [-0.4, -0.2) is 271 Å². The number of rotatable bonds is 35. The minimum atomic E-state index is -1.91. The molecule has 32 heteroatoms. The van der Waals surface area contributed by atoms with Gasteiger partial charge in [0, 0.05) is 134 Å². The fraction of sp³-hybridized carbons (Fsp3) is 0.712. The number of benzene rings is 1. The largest absolute Gasteiger partial charge is 0.495 e. The zero-order chi connectivity index (χ0) is 76.8. The van der Waals surface area contributed by atoms with E-state index in [9.17, 15) is 57.8 Å². The van der Waals surface area contributed by atoms with Gasteiger partial charge in [0.05, 0.1) is 68.8 Å². The predicted molar refractivity (Wildman–Crippen MR) is 401 cm³/mol. The maximum absolute atomic E-state index is 14.5. The lowest BCUT2D eigenvalue weighted by molar-refractivity contribution is -0.162. The number of carbonyl (C=O) groups excluding carboxylic acids is 11. The van der Waals surface area contributed by atoms with Crippen LogP contribution in [0, 0.1) is 5.92 Å². The van der Waals surface area contributed by atoms with Crippen molar-refractivity contribution in [1.82, 2.24) is 40.9 Å². The number of methoxy groups -OCH3 is 2. The van der Waals surface area contributed by atoms with Crippen LogP contribution in [0.25, 0.3) is 0 Å². The lowest BCUT2D eigenvalue weighted by Gasteiger charge is -2.42. The third-order valence-electron chi connectivity index (χ3n) is 20.0. The molecule has 1 aromatic rings. The predicted octanol–water partition coefficient (Wildman–Crippen LogP) is 5.73. The molecule has 0 aromatic heterocycles. The number of allylic oxidation sites excluding steroid dienone is 3. The number of nitrogens with one attached hydrogen (secondary N) is 4. The van der Waals surface area contributed by atoms with Crippen LogP contribution < -0.4 is 30.9 Å². The first-order valence-electron chi connectivity index (χ1n) is 36.5. The molecule has 0 radical (unpaired) electrons. The Bertz CT molecular complexity index is 3290. The number of nitrogens with zero attached hydrogens (tertiary/aromatic N) is 5. The average molecular weight is 1550 g/mol. The molecule has 10 atom stereocenters. The van der Waals surface area contributed by atoms with Crippen LogP contribution in [0.15, 0.2) is 35.9 Å². The number of epoxide rings is 1. The zero-order valence-corrected chi connectivity index (χ0v) is 65.9. The van der Waals surface area contributed by atoms with Gasteiger partial charge in [0.25, 0.3) is 0 Å². The molecule has 105 heavy (non-hydrogen) atoms. The summed E-state index contributed by atoms with van der Waals surface area (Å²) < 4.78 is 40.1. The van der Waals surface area contributed by atoms with E-state index in [4.69, 9.17) is 44.8 Å². The van der Waals surface area contributed by atoms with E-state index in [0.29, 0.717) is 48.4 Å². The molecule has 1 aromatic carbocycles. The minimum Gasteiger partial charge on any atom is -0.495 e. The molecule has 5 N–H and O–H groups in total. The lowest BCUT2D eigenvalue weighted by Crippen LogP contribution is -2.63. The molecule has 6 aliphatic rings. The quantitative estimate of drug-likeness (QED) is 0.0234. The number of alkyl carbamates (subject to hydrolysis) is 1. The molecule has 7 rings (SSSR count). The van der Waals surface area contributed by atoms with Gasteiger partial charge in [-0.2, -0.15) is 11.8 Å². The second kappa shape index (κ2) is 41.0. The third kappa shape index (κ3) is 25.0. The Morgan fingerprint density at radius 2 is 1.48 bits per heavy atom. The van der Waals surface area contributed by atoms with Gasteiger partial charge in [-0.15, -0.1) is 23.5 Å². The van der Waals surface area contributed by atoms with Crippen LogP contribution in [0.1, 0.15) is 143 Å². The molecular formula is C73H110ClN9O19S3. The van der Waals surface area contributed by atoms with E-state index in [1.165, 1.54) is 81.0 Å². The molecule has 4 saturated heterocycles. The van der Waals surface area contributed by atoms with Crippen molar-refractivity contribution >= 4 is 118 Å². The number of halogens is 1. The number of hydrogen-bond donors (Lipinski definition) is 5. The van der Waals surface area contributed by atoms with E-state index in [-0.39, 0.29) is 144 Å². The first-order chi connectivity index (χ1) is 49.9. The highest BCUT2D eigenvalue weighted by Gasteiger charge is 2.65. The van der Waals surface area contributed by atoms with Crippen molar-refractivity contribution in [2.75, 3.05) is 124 Å². The van der Waals surface area contributed by atoms with Gasteiger partial charge in [-0.3, -0.25) is 58.3 Å². The summed E-state index contributed by atoms with van der Waals surface area (Å²) in [7, 11) is 5.85. The van der Waals surface area contributed by atoms with Gasteiger partial charge in [0.1, 0.15) is 40.7 Å². The molecule has 1 aliphatic carbocycles. The first kappa shape index (κ1) is 86.2. The summed E-state index contributed by atoms with van der Waals surface area (Å²) in [6, 6.07) is 2.32. The van der Waals surface area contributed by atoms with Crippen LogP contribution >= 0.6 is 46.9 Å². The molecule has 0 spiro atoms. The lowest BCUT2D eigenvalue weighted by atomic mass is 9.83. The molecule has 4 bridgehead atoms. The SMILES string of the molecule is COc1cc2cc(c1Cl)N(C)C(=O)C[C@H](OC(=O)[C@H](C)N(C)C(=O)CC(C)(C)SC1CC(=O)N(CCOCCOCCNC(=O)CCC(=O)N(CCNCCN3C(=O)CC(SC4CCCCCCC4)C3=O)CCNC(=O)CCSC)C1=O)[C@]1(C)O[C@H]1[C@H](C)[C@@H]1C[C@@](O)(NC(=O)O1)[C@H](OC)/C=C/C=C(\C)C2. The van der Waals surface area contributed by atoms with E-state index in [2.05, 4.69) is 21.3 Å². The van der Waals surface area contributed by atoms with Crippen LogP contribution in [-0.2, 0) is 82.8 Å². The second-order valence-electron chi connectivity index (χ2n) is 28.5. The number of likely N-dealkylation sites (tertiary alicyclic amines) is 2.